The number of esters is 1. The van der Waals surface area contributed by atoms with Crippen molar-refractivity contribution < 1.29 is 23.1 Å². The Morgan fingerprint density at radius 1 is 1.12 bits per heavy atom. The van der Waals surface area contributed by atoms with Gasteiger partial charge in [0.1, 0.15) is 0 Å². The normalized spacial score (nSPS) is 10.5. The number of carbonyl (C=O) groups excluding carboxylic acids is 2. The van der Waals surface area contributed by atoms with Crippen molar-refractivity contribution in [1.82, 2.24) is 0 Å². The first-order chi connectivity index (χ1) is 11.5. The first kappa shape index (κ1) is 17.9. The second kappa shape index (κ2) is 8.44. The summed E-state index contributed by atoms with van der Waals surface area (Å²) in [7, 11) is 0. The number of halogens is 2. The van der Waals surface area contributed by atoms with Crippen molar-refractivity contribution >= 4 is 29.3 Å². The lowest BCUT2D eigenvalue weighted by Crippen LogP contribution is -2.21. The molecule has 0 fully saturated rings. The number of hydrogen-bond donors (Lipinski definition) is 1. The molecule has 0 radical (unpaired) electrons. The predicted octanol–water partition coefficient (Wildman–Crippen LogP) is 4.11. The van der Waals surface area contributed by atoms with E-state index in [0.717, 1.165) is 5.56 Å². The summed E-state index contributed by atoms with van der Waals surface area (Å²) in [4.78, 5) is 23.9. The number of anilines is 1. The van der Waals surface area contributed by atoms with E-state index in [-0.39, 0.29) is 22.2 Å². The minimum absolute atomic E-state index is 0.00550. The van der Waals surface area contributed by atoms with Crippen LogP contribution in [0.2, 0.25) is 0 Å². The molecule has 126 valence electrons. The van der Waals surface area contributed by atoms with Crippen LogP contribution < -0.4 is 5.32 Å². The van der Waals surface area contributed by atoms with E-state index in [0.29, 0.717) is 5.69 Å². The quantitative estimate of drug-likeness (QED) is 0.629. The lowest BCUT2D eigenvalue weighted by molar-refractivity contribution is -0.119. The van der Waals surface area contributed by atoms with Crippen molar-refractivity contribution in [3.63, 3.8) is 0 Å². The summed E-state index contributed by atoms with van der Waals surface area (Å²) in [5, 5.41) is 2.58. The molecular formula is C17H15F2NO3S. The second-order valence-corrected chi connectivity index (χ2v) is 5.90. The molecule has 0 aromatic heterocycles. The summed E-state index contributed by atoms with van der Waals surface area (Å²) in [6.07, 6.45) is 0. The van der Waals surface area contributed by atoms with Gasteiger partial charge in [0, 0.05) is 10.6 Å². The maximum Gasteiger partial charge on any atom is 0.339 e. The minimum atomic E-state index is -2.65. The van der Waals surface area contributed by atoms with Crippen LogP contribution in [-0.4, -0.2) is 24.2 Å². The monoisotopic (exact) mass is 351 g/mol. The summed E-state index contributed by atoms with van der Waals surface area (Å²) >= 11 is 0.257. The molecule has 0 bridgehead atoms. The number of benzene rings is 2. The van der Waals surface area contributed by atoms with Crippen LogP contribution in [0.15, 0.2) is 53.4 Å². The average molecular weight is 351 g/mol. The number of carbonyl (C=O) groups is 2. The average Bonchev–Trinajstić information content (AvgIpc) is 2.55. The van der Waals surface area contributed by atoms with Crippen LogP contribution in [0.5, 0.6) is 0 Å². The summed E-state index contributed by atoms with van der Waals surface area (Å²) in [5.74, 6) is -3.98. The lowest BCUT2D eigenvalue weighted by Gasteiger charge is -2.09. The SMILES string of the molecule is Cc1ccc(NC(=O)COC(=O)c2ccccc2SC(F)F)cc1. The summed E-state index contributed by atoms with van der Waals surface area (Å²) < 4.78 is 29.9. The van der Waals surface area contributed by atoms with Gasteiger partial charge in [-0.3, -0.25) is 4.79 Å². The Morgan fingerprint density at radius 3 is 2.46 bits per heavy atom. The van der Waals surface area contributed by atoms with Gasteiger partial charge in [-0.25, -0.2) is 4.79 Å². The van der Waals surface area contributed by atoms with Crippen LogP contribution in [0.25, 0.3) is 0 Å². The number of thioether (sulfide) groups is 1. The zero-order valence-electron chi connectivity index (χ0n) is 12.8. The van der Waals surface area contributed by atoms with Crippen LogP contribution in [0.3, 0.4) is 0 Å². The van der Waals surface area contributed by atoms with Crippen molar-refractivity contribution in [2.75, 3.05) is 11.9 Å². The van der Waals surface area contributed by atoms with Crippen LogP contribution in [0.4, 0.5) is 14.5 Å². The van der Waals surface area contributed by atoms with E-state index >= 15 is 0 Å². The van der Waals surface area contributed by atoms with Gasteiger partial charge in [-0.2, -0.15) is 8.78 Å². The summed E-state index contributed by atoms with van der Waals surface area (Å²) in [5.41, 5.74) is 1.63. The molecular weight excluding hydrogens is 336 g/mol. The number of ether oxygens (including phenoxy) is 1. The molecule has 7 heteroatoms. The zero-order valence-corrected chi connectivity index (χ0v) is 13.6. The fourth-order valence-electron chi connectivity index (χ4n) is 1.88. The first-order valence-electron chi connectivity index (χ1n) is 7.03. The van der Waals surface area contributed by atoms with Crippen LogP contribution >= 0.6 is 11.8 Å². The van der Waals surface area contributed by atoms with Gasteiger partial charge in [-0.1, -0.05) is 41.6 Å². The number of hydrogen-bond acceptors (Lipinski definition) is 4. The first-order valence-corrected chi connectivity index (χ1v) is 7.91. The molecule has 4 nitrogen and oxygen atoms in total. The largest absolute Gasteiger partial charge is 0.452 e. The van der Waals surface area contributed by atoms with Crippen LogP contribution in [0, 0.1) is 6.92 Å². The van der Waals surface area contributed by atoms with E-state index in [9.17, 15) is 18.4 Å². The van der Waals surface area contributed by atoms with Crippen LogP contribution in [0.1, 0.15) is 15.9 Å². The third kappa shape index (κ3) is 5.34. The molecule has 0 atom stereocenters. The highest BCUT2D eigenvalue weighted by molar-refractivity contribution is 7.99. The van der Waals surface area contributed by atoms with Gasteiger partial charge in [-0.05, 0) is 31.2 Å². The molecule has 2 aromatic carbocycles. The molecule has 0 saturated carbocycles. The van der Waals surface area contributed by atoms with E-state index < -0.39 is 24.2 Å². The van der Waals surface area contributed by atoms with Crippen molar-refractivity contribution in [2.24, 2.45) is 0 Å². The Morgan fingerprint density at radius 2 is 1.79 bits per heavy atom. The lowest BCUT2D eigenvalue weighted by atomic mass is 10.2. The molecule has 2 aromatic rings. The zero-order chi connectivity index (χ0) is 17.5. The van der Waals surface area contributed by atoms with Crippen LogP contribution in [-0.2, 0) is 9.53 Å². The van der Waals surface area contributed by atoms with Gasteiger partial charge < -0.3 is 10.1 Å². The molecule has 0 saturated heterocycles. The van der Waals surface area contributed by atoms with E-state index in [2.05, 4.69) is 5.32 Å². The molecule has 1 N–H and O–H groups in total. The third-order valence-electron chi connectivity index (χ3n) is 2.99. The van der Waals surface area contributed by atoms with Gasteiger partial charge in [0.25, 0.3) is 11.7 Å². The van der Waals surface area contributed by atoms with E-state index in [1.165, 1.54) is 12.1 Å². The number of aryl methyl sites for hydroxylation is 1. The highest BCUT2D eigenvalue weighted by Gasteiger charge is 2.17. The highest BCUT2D eigenvalue weighted by atomic mass is 32.2. The van der Waals surface area contributed by atoms with Crippen molar-refractivity contribution in [3.8, 4) is 0 Å². The molecule has 1 amide bonds. The second-order valence-electron chi connectivity index (χ2n) is 4.86. The Bertz CT molecular complexity index is 720. The Kier molecular flexibility index (Phi) is 6.31. The molecule has 0 heterocycles. The van der Waals surface area contributed by atoms with Gasteiger partial charge in [0.05, 0.1) is 5.56 Å². The van der Waals surface area contributed by atoms with E-state index in [1.807, 2.05) is 19.1 Å². The number of alkyl halides is 2. The van der Waals surface area contributed by atoms with E-state index in [1.54, 1.807) is 24.3 Å². The molecule has 2 rings (SSSR count). The molecule has 0 aliphatic rings. The topological polar surface area (TPSA) is 55.4 Å². The molecule has 0 unspecified atom stereocenters. The molecule has 0 aliphatic heterocycles. The maximum atomic E-state index is 12.5. The Hall–Kier alpha value is -2.41. The van der Waals surface area contributed by atoms with Gasteiger partial charge in [-0.15, -0.1) is 0 Å². The molecule has 0 aliphatic carbocycles. The highest BCUT2D eigenvalue weighted by Crippen LogP contribution is 2.28. The number of nitrogens with one attached hydrogen (secondary N) is 1. The fraction of sp³-hybridized carbons (Fsp3) is 0.176. The van der Waals surface area contributed by atoms with E-state index in [4.69, 9.17) is 4.74 Å². The minimum Gasteiger partial charge on any atom is -0.452 e. The van der Waals surface area contributed by atoms with Crippen molar-refractivity contribution in [3.05, 3.63) is 59.7 Å². The Balaban J connectivity index is 1.93. The number of amides is 1. The summed E-state index contributed by atoms with van der Waals surface area (Å²) in [6.45, 7) is 1.42. The van der Waals surface area contributed by atoms with Gasteiger partial charge in [0.2, 0.25) is 0 Å². The predicted molar refractivity (Wildman–Crippen MR) is 88.4 cm³/mol. The summed E-state index contributed by atoms with van der Waals surface area (Å²) in [6, 6.07) is 13.0. The fourth-order valence-corrected chi connectivity index (χ4v) is 2.50. The van der Waals surface area contributed by atoms with Crippen molar-refractivity contribution in [2.45, 2.75) is 17.6 Å². The molecule has 0 spiro atoms. The number of rotatable bonds is 6. The standard InChI is InChI=1S/C17H15F2NO3S/c1-11-6-8-12(9-7-11)20-15(21)10-23-16(22)13-4-2-3-5-14(13)24-17(18)19/h2-9,17H,10H2,1H3,(H,20,21). The Labute approximate surface area is 142 Å². The van der Waals surface area contributed by atoms with Gasteiger partial charge in [0.15, 0.2) is 6.61 Å². The maximum absolute atomic E-state index is 12.5. The smallest absolute Gasteiger partial charge is 0.339 e. The van der Waals surface area contributed by atoms with Gasteiger partial charge >= 0.3 is 5.97 Å². The van der Waals surface area contributed by atoms with Crippen molar-refractivity contribution in [1.29, 1.82) is 0 Å². The third-order valence-corrected chi connectivity index (χ3v) is 3.78. The molecule has 24 heavy (non-hydrogen) atoms.